The number of hydrogen-bond acceptors (Lipinski definition) is 3. The molecule has 0 atom stereocenters. The molecule has 2 aromatic rings. The number of Topliss-reactive ketones (excluding diaryl/α,β-unsaturated/α-hetero) is 1. The Bertz CT molecular complexity index is 750. The topological polar surface area (TPSA) is 59.2 Å². The molecule has 1 aromatic heterocycles. The number of H-pyrrole nitrogens is 1. The van der Waals surface area contributed by atoms with Gasteiger partial charge in [-0.05, 0) is 38.5 Å². The predicted molar refractivity (Wildman–Crippen MR) is 85.9 cm³/mol. The van der Waals surface area contributed by atoms with Crippen LogP contribution < -0.4 is 0 Å². The minimum absolute atomic E-state index is 0.0295. The number of esters is 1. The molecule has 0 bridgehead atoms. The van der Waals surface area contributed by atoms with Crippen LogP contribution in [0.25, 0.3) is 0 Å². The van der Waals surface area contributed by atoms with E-state index in [-0.39, 0.29) is 18.1 Å². The predicted octanol–water partition coefficient (Wildman–Crippen LogP) is 4.50. The summed E-state index contributed by atoms with van der Waals surface area (Å²) in [6, 6.07) is 4.96. The first-order valence-electron chi connectivity index (χ1n) is 6.62. The molecule has 0 saturated heterocycles. The second-order valence-corrected chi connectivity index (χ2v) is 5.84. The quantitative estimate of drug-likeness (QED) is 0.659. The molecule has 0 aliphatic carbocycles. The number of halogens is 2. The highest BCUT2D eigenvalue weighted by atomic mass is 35.5. The zero-order chi connectivity index (χ0) is 16.4. The standard InChI is InChI=1S/C16H15Cl2NO3/c1-8-14(10(3)20)9(2)19-15(8)16(21)22-7-11-4-5-12(17)6-13(11)18/h4-6,19H,7H2,1-3H3. The second-order valence-electron chi connectivity index (χ2n) is 4.99. The molecule has 0 spiro atoms. The number of nitrogens with one attached hydrogen (secondary N) is 1. The summed E-state index contributed by atoms with van der Waals surface area (Å²) in [6.45, 7) is 4.95. The SMILES string of the molecule is CC(=O)c1c(C)[nH]c(C(=O)OCc2ccc(Cl)cc2Cl)c1C. The molecule has 1 heterocycles. The van der Waals surface area contributed by atoms with Crippen LogP contribution in [0.3, 0.4) is 0 Å². The Morgan fingerprint density at radius 3 is 2.45 bits per heavy atom. The summed E-state index contributed by atoms with van der Waals surface area (Å²) < 4.78 is 5.25. The van der Waals surface area contributed by atoms with E-state index in [9.17, 15) is 9.59 Å². The van der Waals surface area contributed by atoms with E-state index in [0.29, 0.717) is 32.4 Å². The van der Waals surface area contributed by atoms with E-state index in [1.165, 1.54) is 6.92 Å². The van der Waals surface area contributed by atoms with Crippen molar-refractivity contribution in [2.45, 2.75) is 27.4 Å². The highest BCUT2D eigenvalue weighted by Gasteiger charge is 2.21. The van der Waals surface area contributed by atoms with Crippen LogP contribution in [-0.2, 0) is 11.3 Å². The molecular weight excluding hydrogens is 325 g/mol. The van der Waals surface area contributed by atoms with E-state index in [4.69, 9.17) is 27.9 Å². The van der Waals surface area contributed by atoms with E-state index in [1.807, 2.05) is 0 Å². The van der Waals surface area contributed by atoms with Crippen LogP contribution in [0.2, 0.25) is 10.0 Å². The van der Waals surface area contributed by atoms with Gasteiger partial charge >= 0.3 is 5.97 Å². The Morgan fingerprint density at radius 2 is 1.91 bits per heavy atom. The molecule has 1 aromatic carbocycles. The first kappa shape index (κ1) is 16.6. The van der Waals surface area contributed by atoms with Gasteiger partial charge in [0, 0.05) is 26.9 Å². The molecule has 0 saturated carbocycles. The molecule has 116 valence electrons. The molecule has 0 unspecified atom stereocenters. The van der Waals surface area contributed by atoms with Crippen molar-refractivity contribution in [1.82, 2.24) is 4.98 Å². The van der Waals surface area contributed by atoms with Gasteiger partial charge < -0.3 is 9.72 Å². The lowest BCUT2D eigenvalue weighted by Crippen LogP contribution is -2.08. The summed E-state index contributed by atoms with van der Waals surface area (Å²) in [5, 5.41) is 0.950. The van der Waals surface area contributed by atoms with Gasteiger partial charge in [0.1, 0.15) is 12.3 Å². The zero-order valence-electron chi connectivity index (χ0n) is 12.4. The Kier molecular flexibility index (Phi) is 4.94. The van der Waals surface area contributed by atoms with Crippen molar-refractivity contribution in [3.05, 3.63) is 56.3 Å². The minimum atomic E-state index is -0.529. The molecule has 2 rings (SSSR count). The Labute approximate surface area is 138 Å². The van der Waals surface area contributed by atoms with E-state index in [0.717, 1.165) is 0 Å². The van der Waals surface area contributed by atoms with Gasteiger partial charge in [-0.1, -0.05) is 29.3 Å². The first-order valence-corrected chi connectivity index (χ1v) is 7.38. The molecule has 0 aliphatic heterocycles. The van der Waals surface area contributed by atoms with Gasteiger partial charge in [0.25, 0.3) is 0 Å². The molecule has 0 amide bonds. The van der Waals surface area contributed by atoms with Gasteiger partial charge in [-0.25, -0.2) is 4.79 Å². The van der Waals surface area contributed by atoms with Gasteiger partial charge in [0.2, 0.25) is 0 Å². The number of rotatable bonds is 4. The van der Waals surface area contributed by atoms with E-state index < -0.39 is 5.97 Å². The lowest BCUT2D eigenvalue weighted by atomic mass is 10.1. The van der Waals surface area contributed by atoms with Crippen molar-refractivity contribution in [3.63, 3.8) is 0 Å². The van der Waals surface area contributed by atoms with Crippen LogP contribution in [-0.4, -0.2) is 16.7 Å². The number of carbonyl (C=O) groups is 2. The maximum atomic E-state index is 12.2. The Hall–Kier alpha value is -1.78. The number of aromatic amines is 1. The third-order valence-corrected chi connectivity index (χ3v) is 3.95. The summed E-state index contributed by atoms with van der Waals surface area (Å²) >= 11 is 11.8. The van der Waals surface area contributed by atoms with Crippen LogP contribution in [0.1, 0.15) is 44.6 Å². The third kappa shape index (κ3) is 3.34. The lowest BCUT2D eigenvalue weighted by Gasteiger charge is -2.07. The van der Waals surface area contributed by atoms with E-state index in [2.05, 4.69) is 4.98 Å². The summed E-state index contributed by atoms with van der Waals surface area (Å²) in [4.78, 5) is 26.7. The van der Waals surface area contributed by atoms with Gasteiger partial charge in [-0.15, -0.1) is 0 Å². The number of ketones is 1. The average molecular weight is 340 g/mol. The third-order valence-electron chi connectivity index (χ3n) is 3.37. The van der Waals surface area contributed by atoms with Crippen molar-refractivity contribution in [3.8, 4) is 0 Å². The van der Waals surface area contributed by atoms with Gasteiger partial charge in [0.05, 0.1) is 0 Å². The average Bonchev–Trinajstić information content (AvgIpc) is 2.72. The number of hydrogen-bond donors (Lipinski definition) is 1. The highest BCUT2D eigenvalue weighted by molar-refractivity contribution is 6.35. The van der Waals surface area contributed by atoms with Gasteiger partial charge in [-0.2, -0.15) is 0 Å². The molecule has 4 nitrogen and oxygen atoms in total. The van der Waals surface area contributed by atoms with Crippen LogP contribution in [0.4, 0.5) is 0 Å². The fourth-order valence-electron chi connectivity index (χ4n) is 2.34. The Balaban J connectivity index is 2.16. The molecule has 6 heteroatoms. The smallest absolute Gasteiger partial charge is 0.355 e. The fourth-order valence-corrected chi connectivity index (χ4v) is 2.80. The van der Waals surface area contributed by atoms with E-state index in [1.54, 1.807) is 32.0 Å². The first-order chi connectivity index (χ1) is 10.3. The van der Waals surface area contributed by atoms with Gasteiger partial charge in [-0.3, -0.25) is 4.79 Å². The lowest BCUT2D eigenvalue weighted by molar-refractivity contribution is 0.0465. The van der Waals surface area contributed by atoms with Crippen LogP contribution in [0, 0.1) is 13.8 Å². The highest BCUT2D eigenvalue weighted by Crippen LogP contribution is 2.23. The Morgan fingerprint density at radius 1 is 1.23 bits per heavy atom. The number of aryl methyl sites for hydroxylation is 1. The maximum Gasteiger partial charge on any atom is 0.355 e. The van der Waals surface area contributed by atoms with E-state index >= 15 is 0 Å². The van der Waals surface area contributed by atoms with Crippen molar-refractivity contribution < 1.29 is 14.3 Å². The molecule has 0 aliphatic rings. The molecule has 0 radical (unpaired) electrons. The van der Waals surface area contributed by atoms with Crippen molar-refractivity contribution in [2.24, 2.45) is 0 Å². The number of benzene rings is 1. The van der Waals surface area contributed by atoms with Crippen LogP contribution >= 0.6 is 23.2 Å². The number of aromatic nitrogens is 1. The largest absolute Gasteiger partial charge is 0.456 e. The second kappa shape index (κ2) is 6.55. The fraction of sp³-hybridized carbons (Fsp3) is 0.250. The zero-order valence-corrected chi connectivity index (χ0v) is 13.9. The monoisotopic (exact) mass is 339 g/mol. The van der Waals surface area contributed by atoms with Crippen LogP contribution in [0.5, 0.6) is 0 Å². The normalized spacial score (nSPS) is 10.6. The van der Waals surface area contributed by atoms with Gasteiger partial charge in [0.15, 0.2) is 5.78 Å². The molecule has 22 heavy (non-hydrogen) atoms. The molecule has 0 fully saturated rings. The molecule has 1 N–H and O–H groups in total. The van der Waals surface area contributed by atoms with Crippen molar-refractivity contribution in [2.75, 3.05) is 0 Å². The molecular formula is C16H15Cl2NO3. The summed E-state index contributed by atoms with van der Waals surface area (Å²) in [6.07, 6.45) is 0. The summed E-state index contributed by atoms with van der Waals surface area (Å²) in [7, 11) is 0. The summed E-state index contributed by atoms with van der Waals surface area (Å²) in [5.41, 5.74) is 2.72. The minimum Gasteiger partial charge on any atom is -0.456 e. The summed E-state index contributed by atoms with van der Waals surface area (Å²) in [5.74, 6) is -0.620. The number of ether oxygens (including phenoxy) is 1. The van der Waals surface area contributed by atoms with Crippen molar-refractivity contribution in [1.29, 1.82) is 0 Å². The maximum absolute atomic E-state index is 12.2. The van der Waals surface area contributed by atoms with Crippen molar-refractivity contribution >= 4 is 35.0 Å². The number of carbonyl (C=O) groups excluding carboxylic acids is 2. The van der Waals surface area contributed by atoms with Crippen LogP contribution in [0.15, 0.2) is 18.2 Å².